The first-order valence-electron chi connectivity index (χ1n) is 5.92. The maximum Gasteiger partial charge on any atom is 0.123 e. The van der Waals surface area contributed by atoms with Gasteiger partial charge in [0.2, 0.25) is 0 Å². The first-order chi connectivity index (χ1) is 8.01. The standard InChI is InChI=1S/C16H15F/c1-10-5-4-6-13-15(10)12-8-7-11(17)9-14(12)16(13,2)3/h4-9H,1-3H3. The Morgan fingerprint density at radius 3 is 2.53 bits per heavy atom. The second kappa shape index (κ2) is 3.19. The minimum absolute atomic E-state index is 0.0984. The lowest BCUT2D eigenvalue weighted by Gasteiger charge is -2.21. The van der Waals surface area contributed by atoms with Crippen LogP contribution in [-0.4, -0.2) is 0 Å². The third-order valence-electron chi connectivity index (χ3n) is 3.87. The molecule has 0 unspecified atom stereocenters. The lowest BCUT2D eigenvalue weighted by molar-refractivity contribution is 0.609. The third-order valence-corrected chi connectivity index (χ3v) is 3.87. The minimum Gasteiger partial charge on any atom is -0.207 e. The van der Waals surface area contributed by atoms with Crippen LogP contribution in [0, 0.1) is 12.7 Å². The molecule has 2 aromatic rings. The molecule has 0 heterocycles. The van der Waals surface area contributed by atoms with Gasteiger partial charge in [0.05, 0.1) is 0 Å². The van der Waals surface area contributed by atoms with E-state index in [1.165, 1.54) is 22.3 Å². The molecular weight excluding hydrogens is 211 g/mol. The van der Waals surface area contributed by atoms with E-state index in [1.807, 2.05) is 6.07 Å². The molecule has 0 nitrogen and oxygen atoms in total. The zero-order valence-electron chi connectivity index (χ0n) is 10.3. The highest BCUT2D eigenvalue weighted by Crippen LogP contribution is 2.49. The molecule has 1 aliphatic rings. The summed E-state index contributed by atoms with van der Waals surface area (Å²) in [7, 11) is 0. The van der Waals surface area contributed by atoms with Gasteiger partial charge in [-0.25, -0.2) is 4.39 Å². The maximum absolute atomic E-state index is 13.4. The normalized spacial score (nSPS) is 15.5. The van der Waals surface area contributed by atoms with Gasteiger partial charge < -0.3 is 0 Å². The van der Waals surface area contributed by atoms with Crippen LogP contribution in [0.3, 0.4) is 0 Å². The van der Waals surface area contributed by atoms with Gasteiger partial charge in [-0.05, 0) is 46.9 Å². The lowest BCUT2D eigenvalue weighted by atomic mass is 9.82. The van der Waals surface area contributed by atoms with Crippen LogP contribution in [0.5, 0.6) is 0 Å². The predicted octanol–water partition coefficient (Wildman–Crippen LogP) is 4.44. The summed E-state index contributed by atoms with van der Waals surface area (Å²) in [6.07, 6.45) is 0. The fraction of sp³-hybridized carbons (Fsp3) is 0.250. The van der Waals surface area contributed by atoms with Crippen molar-refractivity contribution in [1.29, 1.82) is 0 Å². The summed E-state index contributed by atoms with van der Waals surface area (Å²) in [4.78, 5) is 0. The van der Waals surface area contributed by atoms with Gasteiger partial charge in [0, 0.05) is 5.41 Å². The third kappa shape index (κ3) is 1.28. The van der Waals surface area contributed by atoms with Crippen molar-refractivity contribution in [2.45, 2.75) is 26.2 Å². The molecule has 2 aromatic carbocycles. The first-order valence-corrected chi connectivity index (χ1v) is 5.92. The smallest absolute Gasteiger partial charge is 0.123 e. The van der Waals surface area contributed by atoms with E-state index >= 15 is 0 Å². The van der Waals surface area contributed by atoms with E-state index in [-0.39, 0.29) is 11.2 Å². The molecule has 0 atom stereocenters. The molecule has 0 saturated carbocycles. The topological polar surface area (TPSA) is 0 Å². The van der Waals surface area contributed by atoms with Crippen LogP contribution in [0.25, 0.3) is 11.1 Å². The van der Waals surface area contributed by atoms with Crippen molar-refractivity contribution >= 4 is 0 Å². The first kappa shape index (κ1) is 10.5. The van der Waals surface area contributed by atoms with Gasteiger partial charge in [0.25, 0.3) is 0 Å². The Labute approximate surface area is 101 Å². The van der Waals surface area contributed by atoms with Gasteiger partial charge in [0.15, 0.2) is 0 Å². The maximum atomic E-state index is 13.4. The molecule has 86 valence electrons. The number of hydrogen-bond donors (Lipinski definition) is 0. The Balaban J connectivity index is 2.43. The molecule has 0 spiro atoms. The quantitative estimate of drug-likeness (QED) is 0.623. The van der Waals surface area contributed by atoms with Crippen molar-refractivity contribution in [1.82, 2.24) is 0 Å². The monoisotopic (exact) mass is 226 g/mol. The van der Waals surface area contributed by atoms with Crippen molar-refractivity contribution in [3.63, 3.8) is 0 Å². The molecule has 0 N–H and O–H groups in total. The Bertz CT molecular complexity index is 609. The summed E-state index contributed by atoms with van der Waals surface area (Å²) < 4.78 is 13.4. The summed E-state index contributed by atoms with van der Waals surface area (Å²) in [5.41, 5.74) is 6.04. The number of halogens is 1. The summed E-state index contributed by atoms with van der Waals surface area (Å²) in [5.74, 6) is -0.151. The highest BCUT2D eigenvalue weighted by Gasteiger charge is 2.36. The molecule has 0 aliphatic heterocycles. The highest BCUT2D eigenvalue weighted by atomic mass is 19.1. The molecule has 0 aromatic heterocycles. The van der Waals surface area contributed by atoms with E-state index < -0.39 is 0 Å². The van der Waals surface area contributed by atoms with Gasteiger partial charge in [-0.15, -0.1) is 0 Å². The van der Waals surface area contributed by atoms with Crippen molar-refractivity contribution in [2.75, 3.05) is 0 Å². The van der Waals surface area contributed by atoms with Gasteiger partial charge in [-0.3, -0.25) is 0 Å². The van der Waals surface area contributed by atoms with Crippen molar-refractivity contribution in [3.05, 3.63) is 58.9 Å². The summed E-state index contributed by atoms with van der Waals surface area (Å²) >= 11 is 0. The second-order valence-electron chi connectivity index (χ2n) is 5.31. The van der Waals surface area contributed by atoms with Gasteiger partial charge in [-0.1, -0.05) is 38.1 Å². The fourth-order valence-electron chi connectivity index (χ4n) is 2.94. The SMILES string of the molecule is Cc1cccc2c1-c1ccc(F)cc1C2(C)C. The second-order valence-corrected chi connectivity index (χ2v) is 5.31. The van der Waals surface area contributed by atoms with Gasteiger partial charge in [0.1, 0.15) is 5.82 Å². The molecule has 0 radical (unpaired) electrons. The molecule has 0 bridgehead atoms. The Kier molecular flexibility index (Phi) is 1.97. The Hall–Kier alpha value is -1.63. The molecule has 1 aliphatic carbocycles. The number of aryl methyl sites for hydroxylation is 1. The number of fused-ring (bicyclic) bond motifs is 3. The van der Waals surface area contributed by atoms with Crippen LogP contribution in [-0.2, 0) is 5.41 Å². The van der Waals surface area contributed by atoms with Gasteiger partial charge >= 0.3 is 0 Å². The zero-order chi connectivity index (χ0) is 12.2. The van der Waals surface area contributed by atoms with Crippen LogP contribution in [0.1, 0.15) is 30.5 Å². The molecule has 0 fully saturated rings. The highest BCUT2D eigenvalue weighted by molar-refractivity contribution is 5.82. The summed E-state index contributed by atoms with van der Waals surface area (Å²) in [6.45, 7) is 6.44. The summed E-state index contributed by atoms with van der Waals surface area (Å²) in [6, 6.07) is 11.5. The van der Waals surface area contributed by atoms with E-state index in [9.17, 15) is 4.39 Å². The molecule has 0 amide bonds. The average molecular weight is 226 g/mol. The Morgan fingerprint density at radius 2 is 1.76 bits per heavy atom. The number of benzene rings is 2. The predicted molar refractivity (Wildman–Crippen MR) is 68.7 cm³/mol. The molecule has 1 heteroatoms. The van der Waals surface area contributed by atoms with E-state index in [2.05, 4.69) is 39.0 Å². The molecule has 17 heavy (non-hydrogen) atoms. The van der Waals surface area contributed by atoms with Crippen LogP contribution < -0.4 is 0 Å². The van der Waals surface area contributed by atoms with Crippen LogP contribution >= 0.6 is 0 Å². The minimum atomic E-state index is -0.151. The van der Waals surface area contributed by atoms with E-state index in [1.54, 1.807) is 12.1 Å². The molecule has 3 rings (SSSR count). The zero-order valence-corrected chi connectivity index (χ0v) is 10.3. The molecular formula is C16H15F. The van der Waals surface area contributed by atoms with E-state index in [4.69, 9.17) is 0 Å². The van der Waals surface area contributed by atoms with Crippen molar-refractivity contribution in [2.24, 2.45) is 0 Å². The Morgan fingerprint density at radius 1 is 1.00 bits per heavy atom. The number of rotatable bonds is 0. The fourth-order valence-corrected chi connectivity index (χ4v) is 2.94. The van der Waals surface area contributed by atoms with Crippen LogP contribution in [0.2, 0.25) is 0 Å². The van der Waals surface area contributed by atoms with Crippen molar-refractivity contribution < 1.29 is 4.39 Å². The van der Waals surface area contributed by atoms with E-state index in [0.717, 1.165) is 5.56 Å². The van der Waals surface area contributed by atoms with E-state index in [0.29, 0.717) is 0 Å². The largest absolute Gasteiger partial charge is 0.207 e. The average Bonchev–Trinajstić information content (AvgIpc) is 2.50. The summed E-state index contributed by atoms with van der Waals surface area (Å²) in [5, 5.41) is 0. The molecule has 0 saturated heterocycles. The number of hydrogen-bond acceptors (Lipinski definition) is 0. The van der Waals surface area contributed by atoms with Crippen LogP contribution in [0.15, 0.2) is 36.4 Å². The van der Waals surface area contributed by atoms with Crippen LogP contribution in [0.4, 0.5) is 4.39 Å². The lowest BCUT2D eigenvalue weighted by Crippen LogP contribution is -2.15. The van der Waals surface area contributed by atoms with Crippen molar-refractivity contribution in [3.8, 4) is 11.1 Å². The van der Waals surface area contributed by atoms with Gasteiger partial charge in [-0.2, -0.15) is 0 Å².